The normalized spacial score (nSPS) is 10.6. The van der Waals surface area contributed by atoms with E-state index in [0.717, 1.165) is 27.9 Å². The molecule has 103 valence electrons. The summed E-state index contributed by atoms with van der Waals surface area (Å²) in [4.78, 5) is 8.34. The van der Waals surface area contributed by atoms with Crippen LogP contribution in [0.5, 0.6) is 0 Å². The third kappa shape index (κ3) is 2.78. The van der Waals surface area contributed by atoms with Gasteiger partial charge in [0.15, 0.2) is 6.33 Å². The Kier molecular flexibility index (Phi) is 3.91. The third-order valence-electron chi connectivity index (χ3n) is 3.35. The van der Waals surface area contributed by atoms with Crippen LogP contribution in [0.2, 0.25) is 10.0 Å². The van der Waals surface area contributed by atoms with Crippen molar-refractivity contribution in [2.75, 3.05) is 0 Å². The monoisotopic (exact) mass is 313 g/mol. The minimum absolute atomic E-state index is 0.697. The van der Waals surface area contributed by atoms with E-state index in [1.807, 2.05) is 49.4 Å². The molecule has 0 aliphatic rings. The third-order valence-corrected chi connectivity index (χ3v) is 4.01. The SMILES string of the molecule is Cc1c(Cl)cccc1-c1n[c]ncc1-c1ccc(Cl)cc1. The van der Waals surface area contributed by atoms with Crippen molar-refractivity contribution in [2.24, 2.45) is 0 Å². The minimum Gasteiger partial charge on any atom is -0.233 e. The number of hydrogen-bond donors (Lipinski definition) is 0. The lowest BCUT2D eigenvalue weighted by Crippen LogP contribution is -1.93. The van der Waals surface area contributed by atoms with Gasteiger partial charge in [0, 0.05) is 27.4 Å². The highest BCUT2D eigenvalue weighted by Gasteiger charge is 2.12. The first-order valence-corrected chi connectivity index (χ1v) is 7.17. The Morgan fingerprint density at radius 3 is 2.48 bits per heavy atom. The van der Waals surface area contributed by atoms with E-state index in [2.05, 4.69) is 16.3 Å². The minimum atomic E-state index is 0.697. The molecule has 0 saturated carbocycles. The van der Waals surface area contributed by atoms with E-state index in [1.165, 1.54) is 0 Å². The van der Waals surface area contributed by atoms with Crippen molar-refractivity contribution in [1.82, 2.24) is 9.97 Å². The maximum Gasteiger partial charge on any atom is 0.198 e. The van der Waals surface area contributed by atoms with Gasteiger partial charge >= 0.3 is 0 Å². The molecule has 0 spiro atoms. The number of hydrogen-bond acceptors (Lipinski definition) is 2. The fraction of sp³-hybridized carbons (Fsp3) is 0.0588. The molecule has 0 aliphatic heterocycles. The van der Waals surface area contributed by atoms with Gasteiger partial charge in [0.1, 0.15) is 0 Å². The van der Waals surface area contributed by atoms with Gasteiger partial charge in [0.25, 0.3) is 0 Å². The first kappa shape index (κ1) is 14.1. The summed E-state index contributed by atoms with van der Waals surface area (Å²) in [6.07, 6.45) is 4.41. The molecule has 0 saturated heterocycles. The summed E-state index contributed by atoms with van der Waals surface area (Å²) in [7, 11) is 0. The van der Waals surface area contributed by atoms with Crippen LogP contribution in [0.15, 0.2) is 48.7 Å². The van der Waals surface area contributed by atoms with E-state index in [-0.39, 0.29) is 0 Å². The van der Waals surface area contributed by atoms with Gasteiger partial charge in [0.2, 0.25) is 0 Å². The Labute approximate surface area is 133 Å². The number of aromatic nitrogens is 2. The molecule has 1 aromatic heterocycles. The highest BCUT2D eigenvalue weighted by molar-refractivity contribution is 6.31. The molecule has 21 heavy (non-hydrogen) atoms. The molecular formula is C17H11Cl2N2. The fourth-order valence-corrected chi connectivity index (χ4v) is 2.50. The molecule has 1 heterocycles. The lowest BCUT2D eigenvalue weighted by molar-refractivity contribution is 1.15. The predicted octanol–water partition coefficient (Wildman–Crippen LogP) is 5.23. The van der Waals surface area contributed by atoms with Gasteiger partial charge in [-0.15, -0.1) is 0 Å². The van der Waals surface area contributed by atoms with Crippen LogP contribution in [0.3, 0.4) is 0 Å². The van der Waals surface area contributed by atoms with Gasteiger partial charge in [-0.1, -0.05) is 47.5 Å². The summed E-state index contributed by atoms with van der Waals surface area (Å²) in [5.74, 6) is 0. The molecule has 0 bridgehead atoms. The highest BCUT2D eigenvalue weighted by Crippen LogP contribution is 2.34. The van der Waals surface area contributed by atoms with Crippen LogP contribution in [0.25, 0.3) is 22.4 Å². The number of halogens is 2. The van der Waals surface area contributed by atoms with E-state index in [9.17, 15) is 0 Å². The molecule has 0 amide bonds. The van der Waals surface area contributed by atoms with Gasteiger partial charge < -0.3 is 0 Å². The molecule has 1 radical (unpaired) electrons. The van der Waals surface area contributed by atoms with E-state index in [0.29, 0.717) is 10.0 Å². The summed E-state index contributed by atoms with van der Waals surface area (Å²) in [5, 5.41) is 1.41. The van der Waals surface area contributed by atoms with Crippen molar-refractivity contribution in [3.63, 3.8) is 0 Å². The predicted molar refractivity (Wildman–Crippen MR) is 86.5 cm³/mol. The molecule has 0 N–H and O–H groups in total. The van der Waals surface area contributed by atoms with Gasteiger partial charge in [-0.05, 0) is 36.2 Å². The van der Waals surface area contributed by atoms with Gasteiger partial charge in [-0.2, -0.15) is 0 Å². The van der Waals surface area contributed by atoms with Crippen molar-refractivity contribution in [3.05, 3.63) is 70.6 Å². The highest BCUT2D eigenvalue weighted by atomic mass is 35.5. The van der Waals surface area contributed by atoms with E-state index < -0.39 is 0 Å². The van der Waals surface area contributed by atoms with Gasteiger partial charge in [-0.3, -0.25) is 0 Å². The van der Waals surface area contributed by atoms with Gasteiger partial charge in [0.05, 0.1) is 5.69 Å². The second kappa shape index (κ2) is 5.84. The standard InChI is InChI=1S/C17H11Cl2N2/c1-11-14(3-2-4-16(11)19)17-15(9-20-10-21-17)12-5-7-13(18)8-6-12/h2-9H,1H3. The Hall–Kier alpha value is -1.90. The van der Waals surface area contributed by atoms with E-state index in [1.54, 1.807) is 6.20 Å². The van der Waals surface area contributed by atoms with Gasteiger partial charge in [-0.25, -0.2) is 9.97 Å². The average molecular weight is 314 g/mol. The average Bonchev–Trinajstić information content (AvgIpc) is 2.51. The fourth-order valence-electron chi connectivity index (χ4n) is 2.20. The second-order valence-electron chi connectivity index (χ2n) is 4.65. The number of rotatable bonds is 2. The largest absolute Gasteiger partial charge is 0.233 e. The summed E-state index contributed by atoms with van der Waals surface area (Å²) >= 11 is 12.2. The van der Waals surface area contributed by atoms with Crippen molar-refractivity contribution >= 4 is 23.2 Å². The maximum atomic E-state index is 6.21. The van der Waals surface area contributed by atoms with Crippen molar-refractivity contribution in [2.45, 2.75) is 6.92 Å². The molecule has 0 fully saturated rings. The molecule has 3 aromatic rings. The van der Waals surface area contributed by atoms with Crippen LogP contribution in [-0.4, -0.2) is 9.97 Å². The van der Waals surface area contributed by atoms with Crippen LogP contribution in [0.4, 0.5) is 0 Å². The van der Waals surface area contributed by atoms with Crippen LogP contribution < -0.4 is 0 Å². The van der Waals surface area contributed by atoms with E-state index >= 15 is 0 Å². The van der Waals surface area contributed by atoms with Crippen LogP contribution in [-0.2, 0) is 0 Å². The second-order valence-corrected chi connectivity index (χ2v) is 5.50. The number of benzene rings is 2. The van der Waals surface area contributed by atoms with Crippen molar-refractivity contribution < 1.29 is 0 Å². The van der Waals surface area contributed by atoms with Crippen LogP contribution in [0, 0.1) is 13.3 Å². The van der Waals surface area contributed by atoms with E-state index in [4.69, 9.17) is 23.2 Å². The van der Waals surface area contributed by atoms with Crippen molar-refractivity contribution in [3.8, 4) is 22.4 Å². The quantitative estimate of drug-likeness (QED) is 0.647. The van der Waals surface area contributed by atoms with Crippen LogP contribution >= 0.6 is 23.2 Å². The lowest BCUT2D eigenvalue weighted by Gasteiger charge is -2.11. The van der Waals surface area contributed by atoms with Crippen LogP contribution in [0.1, 0.15) is 5.56 Å². The zero-order valence-electron chi connectivity index (χ0n) is 11.3. The summed E-state index contributed by atoms with van der Waals surface area (Å²) < 4.78 is 0. The molecular weight excluding hydrogens is 303 g/mol. The molecule has 0 atom stereocenters. The summed E-state index contributed by atoms with van der Waals surface area (Å²) in [6, 6.07) is 13.4. The maximum absolute atomic E-state index is 6.21. The zero-order chi connectivity index (χ0) is 14.8. The molecule has 0 aliphatic carbocycles. The first-order chi connectivity index (χ1) is 10.2. The lowest BCUT2D eigenvalue weighted by atomic mass is 9.98. The smallest absolute Gasteiger partial charge is 0.198 e. The molecule has 0 unspecified atom stereocenters. The molecule has 4 heteroatoms. The molecule has 2 nitrogen and oxygen atoms in total. The van der Waals surface area contributed by atoms with Crippen molar-refractivity contribution in [1.29, 1.82) is 0 Å². The summed E-state index contributed by atoms with van der Waals surface area (Å²) in [5.41, 5.74) is 4.71. The topological polar surface area (TPSA) is 25.8 Å². The Morgan fingerprint density at radius 1 is 0.952 bits per heavy atom. The molecule has 2 aromatic carbocycles. The number of nitrogens with zero attached hydrogens (tertiary/aromatic N) is 2. The Morgan fingerprint density at radius 2 is 1.71 bits per heavy atom. The first-order valence-electron chi connectivity index (χ1n) is 6.41. The molecule has 3 rings (SSSR count). The Bertz CT molecular complexity index is 783. The summed E-state index contributed by atoms with van der Waals surface area (Å²) in [6.45, 7) is 1.98. The Balaban J connectivity index is 2.21. The zero-order valence-corrected chi connectivity index (χ0v) is 12.8.